The molecule has 1 heterocycles. The highest BCUT2D eigenvalue weighted by Gasteiger charge is 2.13. The molecule has 1 aromatic heterocycles. The minimum atomic E-state index is 0.584. The molecule has 0 atom stereocenters. The number of nitrogens with one attached hydrogen (secondary N) is 1. The van der Waals surface area contributed by atoms with Gasteiger partial charge in [-0.1, -0.05) is 0 Å². The molecule has 0 aliphatic carbocycles. The minimum Gasteiger partial charge on any atom is -0.356 e. The Morgan fingerprint density at radius 1 is 1.29 bits per heavy atom. The van der Waals surface area contributed by atoms with Crippen LogP contribution in [-0.4, -0.2) is 39.6 Å². The quantitative estimate of drug-likeness (QED) is 0.792. The molecule has 0 bridgehead atoms. The van der Waals surface area contributed by atoms with Crippen LogP contribution < -0.4 is 5.32 Å². The van der Waals surface area contributed by atoms with Crippen LogP contribution in [0.1, 0.15) is 34.6 Å². The van der Waals surface area contributed by atoms with Crippen molar-refractivity contribution < 1.29 is 0 Å². The number of imidazole rings is 1. The molecule has 1 aromatic rings. The highest BCUT2D eigenvalue weighted by Crippen LogP contribution is 2.08. The SMILES string of the molecule is CCNc1nccn1CCN(C(C)C)C(C)C. The molecule has 0 saturated heterocycles. The molecule has 0 unspecified atom stereocenters. The Labute approximate surface area is 105 Å². The van der Waals surface area contributed by atoms with Gasteiger partial charge in [0.05, 0.1) is 0 Å². The van der Waals surface area contributed by atoms with Crippen LogP contribution in [0.15, 0.2) is 12.4 Å². The van der Waals surface area contributed by atoms with Gasteiger partial charge in [0, 0.05) is 44.1 Å². The van der Waals surface area contributed by atoms with Crippen molar-refractivity contribution in [1.29, 1.82) is 0 Å². The lowest BCUT2D eigenvalue weighted by Crippen LogP contribution is -2.39. The summed E-state index contributed by atoms with van der Waals surface area (Å²) < 4.78 is 2.18. The van der Waals surface area contributed by atoms with Gasteiger partial charge < -0.3 is 9.88 Å². The molecule has 0 aromatic carbocycles. The first kappa shape index (κ1) is 14.0. The van der Waals surface area contributed by atoms with E-state index in [-0.39, 0.29) is 0 Å². The smallest absolute Gasteiger partial charge is 0.202 e. The van der Waals surface area contributed by atoms with Gasteiger partial charge in [0.25, 0.3) is 0 Å². The summed E-state index contributed by atoms with van der Waals surface area (Å²) in [5, 5.41) is 3.27. The lowest BCUT2D eigenvalue weighted by atomic mass is 10.2. The van der Waals surface area contributed by atoms with E-state index in [1.807, 2.05) is 12.4 Å². The fourth-order valence-corrected chi connectivity index (χ4v) is 2.15. The van der Waals surface area contributed by atoms with Crippen molar-refractivity contribution >= 4 is 5.95 Å². The monoisotopic (exact) mass is 238 g/mol. The Morgan fingerprint density at radius 3 is 2.47 bits per heavy atom. The molecular formula is C13H26N4. The second-order valence-corrected chi connectivity index (χ2v) is 4.90. The predicted molar refractivity (Wildman–Crippen MR) is 73.4 cm³/mol. The van der Waals surface area contributed by atoms with Gasteiger partial charge in [0.2, 0.25) is 5.95 Å². The number of aromatic nitrogens is 2. The van der Waals surface area contributed by atoms with E-state index in [0.29, 0.717) is 12.1 Å². The third kappa shape index (κ3) is 4.04. The fourth-order valence-electron chi connectivity index (χ4n) is 2.15. The van der Waals surface area contributed by atoms with Crippen molar-refractivity contribution in [2.24, 2.45) is 0 Å². The molecule has 0 saturated carbocycles. The molecular weight excluding hydrogens is 212 g/mol. The number of anilines is 1. The third-order valence-corrected chi connectivity index (χ3v) is 2.98. The normalized spacial score (nSPS) is 11.8. The van der Waals surface area contributed by atoms with E-state index >= 15 is 0 Å². The van der Waals surface area contributed by atoms with Crippen LogP contribution in [0.5, 0.6) is 0 Å². The lowest BCUT2D eigenvalue weighted by molar-refractivity contribution is 0.168. The van der Waals surface area contributed by atoms with Gasteiger partial charge in [-0.2, -0.15) is 0 Å². The first-order valence-corrected chi connectivity index (χ1v) is 6.57. The summed E-state index contributed by atoms with van der Waals surface area (Å²) in [5.41, 5.74) is 0. The number of nitrogens with zero attached hydrogens (tertiary/aromatic N) is 3. The van der Waals surface area contributed by atoms with Crippen molar-refractivity contribution in [2.75, 3.05) is 18.4 Å². The Kier molecular flexibility index (Phi) is 5.48. The van der Waals surface area contributed by atoms with E-state index in [0.717, 1.165) is 25.6 Å². The highest BCUT2D eigenvalue weighted by atomic mass is 15.2. The van der Waals surface area contributed by atoms with Crippen LogP contribution in [-0.2, 0) is 6.54 Å². The fraction of sp³-hybridized carbons (Fsp3) is 0.769. The maximum Gasteiger partial charge on any atom is 0.202 e. The Morgan fingerprint density at radius 2 is 1.94 bits per heavy atom. The zero-order valence-corrected chi connectivity index (χ0v) is 11.8. The second-order valence-electron chi connectivity index (χ2n) is 4.90. The Bertz CT molecular complexity index is 309. The topological polar surface area (TPSA) is 33.1 Å². The van der Waals surface area contributed by atoms with Crippen LogP contribution in [0.25, 0.3) is 0 Å². The van der Waals surface area contributed by atoms with Crippen molar-refractivity contribution in [3.63, 3.8) is 0 Å². The molecule has 98 valence electrons. The van der Waals surface area contributed by atoms with Gasteiger partial charge >= 0.3 is 0 Å². The average Bonchev–Trinajstić information content (AvgIpc) is 2.65. The summed E-state index contributed by atoms with van der Waals surface area (Å²) in [6.45, 7) is 14.0. The molecule has 0 radical (unpaired) electrons. The number of hydrogen-bond donors (Lipinski definition) is 1. The molecule has 1 rings (SSSR count). The minimum absolute atomic E-state index is 0.584. The summed E-state index contributed by atoms with van der Waals surface area (Å²) in [6, 6.07) is 1.17. The van der Waals surface area contributed by atoms with E-state index in [1.165, 1.54) is 0 Å². The second kappa shape index (κ2) is 6.64. The summed E-state index contributed by atoms with van der Waals surface area (Å²) in [6.07, 6.45) is 3.89. The Hall–Kier alpha value is -1.03. The first-order valence-electron chi connectivity index (χ1n) is 6.57. The zero-order valence-electron chi connectivity index (χ0n) is 11.8. The lowest BCUT2D eigenvalue weighted by Gasteiger charge is -2.30. The summed E-state index contributed by atoms with van der Waals surface area (Å²) in [5.74, 6) is 0.972. The number of hydrogen-bond acceptors (Lipinski definition) is 3. The summed E-state index contributed by atoms with van der Waals surface area (Å²) >= 11 is 0. The van der Waals surface area contributed by atoms with Gasteiger partial charge in [-0.15, -0.1) is 0 Å². The highest BCUT2D eigenvalue weighted by molar-refractivity contribution is 5.25. The molecule has 4 nitrogen and oxygen atoms in total. The zero-order chi connectivity index (χ0) is 12.8. The van der Waals surface area contributed by atoms with Crippen LogP contribution in [0.3, 0.4) is 0 Å². The number of rotatable bonds is 7. The van der Waals surface area contributed by atoms with Gasteiger partial charge in [-0.25, -0.2) is 4.98 Å². The molecule has 0 aliphatic heterocycles. The van der Waals surface area contributed by atoms with E-state index in [1.54, 1.807) is 0 Å². The largest absolute Gasteiger partial charge is 0.356 e. The van der Waals surface area contributed by atoms with E-state index in [9.17, 15) is 0 Å². The average molecular weight is 238 g/mol. The van der Waals surface area contributed by atoms with Crippen molar-refractivity contribution in [3.8, 4) is 0 Å². The molecule has 0 spiro atoms. The van der Waals surface area contributed by atoms with Crippen molar-refractivity contribution in [3.05, 3.63) is 12.4 Å². The summed E-state index contributed by atoms with van der Waals surface area (Å²) in [7, 11) is 0. The van der Waals surface area contributed by atoms with Crippen LogP contribution in [0.4, 0.5) is 5.95 Å². The maximum atomic E-state index is 4.31. The molecule has 0 aliphatic rings. The third-order valence-electron chi connectivity index (χ3n) is 2.98. The predicted octanol–water partition coefficient (Wildman–Crippen LogP) is 2.43. The van der Waals surface area contributed by atoms with Crippen LogP contribution in [0, 0.1) is 0 Å². The molecule has 0 fully saturated rings. The van der Waals surface area contributed by atoms with E-state index in [4.69, 9.17) is 0 Å². The first-order chi connectivity index (χ1) is 8.06. The van der Waals surface area contributed by atoms with E-state index < -0.39 is 0 Å². The summed E-state index contributed by atoms with van der Waals surface area (Å²) in [4.78, 5) is 6.80. The molecule has 4 heteroatoms. The van der Waals surface area contributed by atoms with E-state index in [2.05, 4.69) is 54.4 Å². The van der Waals surface area contributed by atoms with Crippen molar-refractivity contribution in [1.82, 2.24) is 14.5 Å². The van der Waals surface area contributed by atoms with Crippen molar-refractivity contribution in [2.45, 2.75) is 53.2 Å². The van der Waals surface area contributed by atoms with Crippen LogP contribution in [0.2, 0.25) is 0 Å². The molecule has 17 heavy (non-hydrogen) atoms. The van der Waals surface area contributed by atoms with Crippen LogP contribution >= 0.6 is 0 Å². The van der Waals surface area contributed by atoms with Gasteiger partial charge in [0.15, 0.2) is 0 Å². The maximum absolute atomic E-state index is 4.31. The van der Waals surface area contributed by atoms with Gasteiger partial charge in [-0.05, 0) is 34.6 Å². The van der Waals surface area contributed by atoms with Gasteiger partial charge in [0.1, 0.15) is 0 Å². The molecule has 1 N–H and O–H groups in total. The standard InChI is InChI=1S/C13H26N4/c1-6-14-13-15-7-8-16(13)9-10-17(11(2)3)12(4)5/h7-8,11-12H,6,9-10H2,1-5H3,(H,14,15). The molecule has 0 amide bonds. The van der Waals surface area contributed by atoms with Gasteiger partial charge in [-0.3, -0.25) is 4.90 Å². The Balaban J connectivity index is 2.56.